The number of ketones is 1. The van der Waals surface area contributed by atoms with Crippen LogP contribution in [-0.2, 0) is 9.59 Å². The molecule has 0 saturated carbocycles. The molecule has 0 bridgehead atoms. The molecule has 29 heavy (non-hydrogen) atoms. The highest BCUT2D eigenvalue weighted by atomic mass is 16.6. The van der Waals surface area contributed by atoms with Crippen molar-refractivity contribution in [3.63, 3.8) is 0 Å². The van der Waals surface area contributed by atoms with Crippen molar-refractivity contribution >= 4 is 34.9 Å². The number of pyridine rings is 1. The third-order valence-electron chi connectivity index (χ3n) is 4.30. The molecule has 1 aromatic carbocycles. The summed E-state index contributed by atoms with van der Waals surface area (Å²) in [6.45, 7) is 2.75. The van der Waals surface area contributed by atoms with Gasteiger partial charge in [-0.3, -0.25) is 19.3 Å². The smallest absolute Gasteiger partial charge is 0.366 e. The van der Waals surface area contributed by atoms with Crippen molar-refractivity contribution in [1.82, 2.24) is 4.98 Å². The first-order chi connectivity index (χ1) is 13.8. The summed E-state index contributed by atoms with van der Waals surface area (Å²) in [5.74, 6) is -1.57. The molecule has 2 heterocycles. The van der Waals surface area contributed by atoms with Gasteiger partial charge in [-0.1, -0.05) is 19.1 Å². The maximum atomic E-state index is 12.7. The van der Waals surface area contributed by atoms with Gasteiger partial charge >= 0.3 is 5.82 Å². The number of carbonyl (C=O) groups is 3. The average molecular weight is 398 g/mol. The van der Waals surface area contributed by atoms with Crippen LogP contribution in [0.2, 0.25) is 0 Å². The number of benzene rings is 1. The molecule has 2 amide bonds. The van der Waals surface area contributed by atoms with E-state index in [0.717, 1.165) is 4.90 Å². The molecular weight excluding hydrogens is 380 g/mol. The summed E-state index contributed by atoms with van der Waals surface area (Å²) in [6.07, 6.45) is -0.465. The summed E-state index contributed by atoms with van der Waals surface area (Å²) in [5, 5.41) is 13.7. The Morgan fingerprint density at radius 2 is 2.07 bits per heavy atom. The highest BCUT2D eigenvalue weighted by Gasteiger charge is 2.39. The Hall–Kier alpha value is -3.82. The van der Waals surface area contributed by atoms with Gasteiger partial charge in [-0.15, -0.1) is 0 Å². The van der Waals surface area contributed by atoms with Crippen LogP contribution in [0.3, 0.4) is 0 Å². The van der Waals surface area contributed by atoms with Gasteiger partial charge in [0.1, 0.15) is 6.54 Å². The SMILES string of the molecule is CCC1Oc2ccc([N+](=O)[O-])nc2N(CC(=O)Nc2cccc(C(C)=O)c2)C1=O. The van der Waals surface area contributed by atoms with Crippen molar-refractivity contribution in [2.75, 3.05) is 16.8 Å². The zero-order chi connectivity index (χ0) is 21.1. The number of aromatic nitrogens is 1. The fourth-order valence-electron chi connectivity index (χ4n) is 2.87. The molecule has 1 unspecified atom stereocenters. The maximum Gasteiger partial charge on any atom is 0.366 e. The highest BCUT2D eigenvalue weighted by molar-refractivity contribution is 6.06. The first-order valence-corrected chi connectivity index (χ1v) is 8.84. The van der Waals surface area contributed by atoms with Crippen LogP contribution in [0.15, 0.2) is 36.4 Å². The third kappa shape index (κ3) is 4.21. The predicted octanol–water partition coefficient (Wildman–Crippen LogP) is 2.34. The average Bonchev–Trinajstić information content (AvgIpc) is 2.69. The number of nitrogens with zero attached hydrogens (tertiary/aromatic N) is 3. The van der Waals surface area contributed by atoms with Crippen LogP contribution in [0.5, 0.6) is 5.75 Å². The number of ether oxygens (including phenoxy) is 1. The van der Waals surface area contributed by atoms with Crippen molar-refractivity contribution in [3.05, 3.63) is 52.1 Å². The number of Topliss-reactive ketones (excluding diaryl/α,β-unsaturated/α-hetero) is 1. The number of hydrogen-bond donors (Lipinski definition) is 1. The second-order valence-electron chi connectivity index (χ2n) is 6.37. The largest absolute Gasteiger partial charge is 0.474 e. The zero-order valence-corrected chi connectivity index (χ0v) is 15.7. The fraction of sp³-hybridized carbons (Fsp3) is 0.263. The number of rotatable bonds is 6. The second kappa shape index (κ2) is 8.05. The van der Waals surface area contributed by atoms with Crippen molar-refractivity contribution in [3.8, 4) is 5.75 Å². The Bertz CT molecular complexity index is 1010. The molecule has 0 spiro atoms. The quantitative estimate of drug-likeness (QED) is 0.449. The molecule has 0 radical (unpaired) electrons. The Labute approximate surface area is 165 Å². The van der Waals surface area contributed by atoms with Gasteiger partial charge in [0.2, 0.25) is 5.91 Å². The van der Waals surface area contributed by atoms with Crippen LogP contribution in [0.4, 0.5) is 17.3 Å². The van der Waals surface area contributed by atoms with Crippen LogP contribution in [-0.4, -0.2) is 40.2 Å². The molecule has 150 valence electrons. The molecular formula is C19H18N4O6. The molecule has 10 heteroatoms. The van der Waals surface area contributed by atoms with Crippen molar-refractivity contribution in [2.24, 2.45) is 0 Å². The number of nitro groups is 1. The van der Waals surface area contributed by atoms with Crippen LogP contribution in [0.25, 0.3) is 0 Å². The molecule has 10 nitrogen and oxygen atoms in total. The van der Waals surface area contributed by atoms with Gasteiger partial charge in [0.15, 0.2) is 17.6 Å². The van der Waals surface area contributed by atoms with Crippen LogP contribution in [0.1, 0.15) is 30.6 Å². The second-order valence-corrected chi connectivity index (χ2v) is 6.37. The van der Waals surface area contributed by atoms with Crippen molar-refractivity contribution in [2.45, 2.75) is 26.4 Å². The number of carbonyl (C=O) groups excluding carboxylic acids is 3. The Morgan fingerprint density at radius 1 is 1.31 bits per heavy atom. The number of hydrogen-bond acceptors (Lipinski definition) is 7. The lowest BCUT2D eigenvalue weighted by Gasteiger charge is -2.30. The minimum Gasteiger partial charge on any atom is -0.474 e. The van der Waals surface area contributed by atoms with E-state index in [1.165, 1.54) is 25.1 Å². The summed E-state index contributed by atoms with van der Waals surface area (Å²) in [4.78, 5) is 52.0. The van der Waals surface area contributed by atoms with E-state index in [0.29, 0.717) is 17.7 Å². The number of fused-ring (bicyclic) bond motifs is 1. The van der Waals surface area contributed by atoms with E-state index in [9.17, 15) is 24.5 Å². The monoisotopic (exact) mass is 398 g/mol. The van der Waals surface area contributed by atoms with Gasteiger partial charge in [0.05, 0.1) is 0 Å². The first-order valence-electron chi connectivity index (χ1n) is 8.84. The number of amides is 2. The van der Waals surface area contributed by atoms with Crippen LogP contribution < -0.4 is 15.0 Å². The lowest BCUT2D eigenvalue weighted by molar-refractivity contribution is -0.389. The molecule has 1 aromatic heterocycles. The number of anilines is 2. The summed E-state index contributed by atoms with van der Waals surface area (Å²) < 4.78 is 5.55. The lowest BCUT2D eigenvalue weighted by Crippen LogP contribution is -2.49. The minimum atomic E-state index is -0.820. The topological polar surface area (TPSA) is 132 Å². The Morgan fingerprint density at radius 3 is 2.72 bits per heavy atom. The van der Waals surface area contributed by atoms with Crippen LogP contribution >= 0.6 is 0 Å². The summed E-state index contributed by atoms with van der Waals surface area (Å²) in [5.41, 5.74) is 0.821. The molecule has 1 atom stereocenters. The van der Waals surface area contributed by atoms with Gasteiger partial charge in [0, 0.05) is 17.3 Å². The maximum absolute atomic E-state index is 12.7. The molecule has 1 aliphatic heterocycles. The highest BCUT2D eigenvalue weighted by Crippen LogP contribution is 2.34. The standard InChI is InChI=1S/C19H18N4O6/c1-3-14-19(26)22(18-15(29-14)7-8-16(21-18)23(27)28)10-17(25)20-13-6-4-5-12(9-13)11(2)24/h4-9,14H,3,10H2,1-2H3,(H,20,25). The Balaban J connectivity index is 1.86. The molecule has 2 aromatic rings. The van der Waals surface area contributed by atoms with Gasteiger partial charge in [-0.25, -0.2) is 0 Å². The van der Waals surface area contributed by atoms with E-state index in [1.54, 1.807) is 25.1 Å². The minimum absolute atomic E-state index is 0.0819. The van der Waals surface area contributed by atoms with Crippen molar-refractivity contribution < 1.29 is 24.0 Å². The summed E-state index contributed by atoms with van der Waals surface area (Å²) in [7, 11) is 0. The van der Waals surface area contributed by atoms with E-state index in [1.807, 2.05) is 0 Å². The summed E-state index contributed by atoms with van der Waals surface area (Å²) >= 11 is 0. The molecule has 1 aliphatic rings. The third-order valence-corrected chi connectivity index (χ3v) is 4.30. The van der Waals surface area contributed by atoms with Crippen LogP contribution in [0, 0.1) is 10.1 Å². The normalized spacial score (nSPS) is 15.3. The van der Waals surface area contributed by atoms with Crippen molar-refractivity contribution in [1.29, 1.82) is 0 Å². The number of nitrogens with one attached hydrogen (secondary N) is 1. The van der Waals surface area contributed by atoms with E-state index < -0.39 is 35.2 Å². The van der Waals surface area contributed by atoms with Gasteiger partial charge < -0.3 is 20.2 Å². The molecule has 0 aliphatic carbocycles. The Kier molecular flexibility index (Phi) is 5.53. The first kappa shape index (κ1) is 19.9. The molecule has 0 fully saturated rings. The fourth-order valence-corrected chi connectivity index (χ4v) is 2.87. The molecule has 0 saturated heterocycles. The van der Waals surface area contributed by atoms with Gasteiger partial charge in [-0.05, 0) is 41.5 Å². The van der Waals surface area contributed by atoms with E-state index in [-0.39, 0.29) is 17.4 Å². The summed E-state index contributed by atoms with van der Waals surface area (Å²) in [6, 6.07) is 8.91. The lowest BCUT2D eigenvalue weighted by atomic mass is 10.1. The van der Waals surface area contributed by atoms with Gasteiger partial charge in [-0.2, -0.15) is 0 Å². The molecule has 3 rings (SSSR count). The predicted molar refractivity (Wildman–Crippen MR) is 103 cm³/mol. The van der Waals surface area contributed by atoms with E-state index in [4.69, 9.17) is 4.74 Å². The van der Waals surface area contributed by atoms with Gasteiger partial charge in [0.25, 0.3) is 11.7 Å². The van der Waals surface area contributed by atoms with E-state index >= 15 is 0 Å². The van der Waals surface area contributed by atoms with E-state index in [2.05, 4.69) is 10.3 Å². The molecule has 1 N–H and O–H groups in total. The zero-order valence-electron chi connectivity index (χ0n) is 15.7.